The average molecular weight is 268 g/mol. The molecule has 0 saturated carbocycles. The van der Waals surface area contributed by atoms with Gasteiger partial charge in [-0.2, -0.15) is 0 Å². The molecule has 86 valence electrons. The maximum Gasteiger partial charge on any atom is 0.243 e. The van der Waals surface area contributed by atoms with Gasteiger partial charge >= 0.3 is 0 Å². The number of alkyl halides is 1. The van der Waals surface area contributed by atoms with Crippen molar-refractivity contribution in [3.05, 3.63) is 16.3 Å². The lowest BCUT2D eigenvalue weighted by Gasteiger charge is -2.14. The molecule has 0 aromatic carbocycles. The fourth-order valence-electron chi connectivity index (χ4n) is 1.18. The van der Waals surface area contributed by atoms with Crippen LogP contribution < -0.4 is 0 Å². The predicted octanol–water partition coefficient (Wildman–Crippen LogP) is 2.52. The molecular formula is C9H14ClNO2S2. The number of rotatable bonds is 5. The van der Waals surface area contributed by atoms with Gasteiger partial charge in [0.05, 0.1) is 10.8 Å². The van der Waals surface area contributed by atoms with E-state index < -0.39 is 10.0 Å². The fourth-order valence-corrected chi connectivity index (χ4v) is 3.82. The molecule has 0 N–H and O–H groups in total. The number of sulfonamides is 1. The molecule has 1 aromatic rings. The summed E-state index contributed by atoms with van der Waals surface area (Å²) in [7, 11) is -1.71. The summed E-state index contributed by atoms with van der Waals surface area (Å²) in [5.41, 5.74) is 0. The zero-order valence-electron chi connectivity index (χ0n) is 8.73. The van der Waals surface area contributed by atoms with Gasteiger partial charge in [0.1, 0.15) is 0 Å². The average Bonchev–Trinajstić information content (AvgIpc) is 2.66. The van der Waals surface area contributed by atoms with E-state index in [2.05, 4.69) is 0 Å². The summed E-state index contributed by atoms with van der Waals surface area (Å²) in [5, 5.41) is 1.64. The van der Waals surface area contributed by atoms with E-state index in [1.54, 1.807) is 18.5 Å². The molecule has 6 heteroatoms. The molecule has 0 spiro atoms. The van der Waals surface area contributed by atoms with E-state index in [-0.39, 0.29) is 0 Å². The van der Waals surface area contributed by atoms with Gasteiger partial charge in [-0.15, -0.1) is 22.9 Å². The summed E-state index contributed by atoms with van der Waals surface area (Å²) < 4.78 is 25.2. The van der Waals surface area contributed by atoms with Crippen molar-refractivity contribution in [2.45, 2.75) is 24.1 Å². The van der Waals surface area contributed by atoms with Crippen molar-refractivity contribution in [1.82, 2.24) is 4.31 Å². The van der Waals surface area contributed by atoms with E-state index in [0.29, 0.717) is 17.3 Å². The van der Waals surface area contributed by atoms with Gasteiger partial charge in [-0.3, -0.25) is 0 Å². The monoisotopic (exact) mass is 267 g/mol. The highest BCUT2D eigenvalue weighted by Gasteiger charge is 2.21. The van der Waals surface area contributed by atoms with E-state index in [1.165, 1.54) is 15.6 Å². The first-order chi connectivity index (χ1) is 7.02. The van der Waals surface area contributed by atoms with Gasteiger partial charge in [0.2, 0.25) is 10.0 Å². The Labute approximate surface area is 99.7 Å². The second-order valence-corrected chi connectivity index (χ2v) is 6.52. The van der Waals surface area contributed by atoms with E-state index in [9.17, 15) is 8.42 Å². The largest absolute Gasteiger partial charge is 0.243 e. The minimum absolute atomic E-state index is 0.346. The van der Waals surface area contributed by atoms with E-state index in [4.69, 9.17) is 11.6 Å². The highest BCUT2D eigenvalue weighted by Crippen LogP contribution is 2.23. The van der Waals surface area contributed by atoms with Crippen LogP contribution in [0, 0.1) is 0 Å². The molecule has 0 amide bonds. The number of thiophene rings is 1. The number of hydrogen-bond acceptors (Lipinski definition) is 3. The van der Waals surface area contributed by atoms with Crippen LogP contribution in [0.15, 0.2) is 16.3 Å². The van der Waals surface area contributed by atoms with E-state index in [0.717, 1.165) is 11.3 Å². The quantitative estimate of drug-likeness (QED) is 0.769. The summed E-state index contributed by atoms with van der Waals surface area (Å²) >= 11 is 7.01. The standard InChI is InChI=1S/C9H14ClNO2S2/c1-3-4-11(2)15(12,13)9-5-8(6-10)14-7-9/h5,7H,3-4,6H2,1-2H3. The molecule has 0 aliphatic carbocycles. The van der Waals surface area contributed by atoms with Crippen molar-refractivity contribution in [2.24, 2.45) is 0 Å². The Balaban J connectivity index is 2.95. The smallest absolute Gasteiger partial charge is 0.207 e. The number of hydrogen-bond donors (Lipinski definition) is 0. The molecule has 3 nitrogen and oxygen atoms in total. The van der Waals surface area contributed by atoms with E-state index >= 15 is 0 Å². The molecule has 0 fully saturated rings. The Morgan fingerprint density at radius 2 is 2.20 bits per heavy atom. The Bertz CT molecular complexity index is 414. The Morgan fingerprint density at radius 1 is 1.53 bits per heavy atom. The van der Waals surface area contributed by atoms with Crippen LogP contribution in [-0.4, -0.2) is 26.3 Å². The van der Waals surface area contributed by atoms with Crippen molar-refractivity contribution >= 4 is 33.0 Å². The molecule has 1 heterocycles. The van der Waals surface area contributed by atoms with Crippen LogP contribution in [0.1, 0.15) is 18.2 Å². The zero-order chi connectivity index (χ0) is 11.5. The summed E-state index contributed by atoms with van der Waals surface area (Å²) in [6.07, 6.45) is 0.808. The SMILES string of the molecule is CCCN(C)S(=O)(=O)c1csc(CCl)c1. The van der Waals surface area contributed by atoms with Crippen LogP contribution in [0.5, 0.6) is 0 Å². The maximum atomic E-state index is 11.9. The van der Waals surface area contributed by atoms with Crippen molar-refractivity contribution < 1.29 is 8.42 Å². The third kappa shape index (κ3) is 2.93. The molecule has 0 radical (unpaired) electrons. The lowest BCUT2D eigenvalue weighted by molar-refractivity contribution is 0.469. The van der Waals surface area contributed by atoms with Crippen LogP contribution in [-0.2, 0) is 15.9 Å². The first-order valence-corrected chi connectivity index (χ1v) is 7.47. The summed E-state index contributed by atoms with van der Waals surface area (Å²) in [6.45, 7) is 2.48. The predicted molar refractivity (Wildman–Crippen MR) is 64.0 cm³/mol. The lowest BCUT2D eigenvalue weighted by Crippen LogP contribution is -2.27. The van der Waals surface area contributed by atoms with Crippen molar-refractivity contribution in [3.8, 4) is 0 Å². The number of nitrogens with zero attached hydrogens (tertiary/aromatic N) is 1. The highest BCUT2D eigenvalue weighted by atomic mass is 35.5. The Morgan fingerprint density at radius 3 is 2.67 bits per heavy atom. The van der Waals surface area contributed by atoms with Crippen LogP contribution in [0.25, 0.3) is 0 Å². The molecule has 1 aromatic heterocycles. The molecule has 1 rings (SSSR count). The van der Waals surface area contributed by atoms with Crippen molar-refractivity contribution in [2.75, 3.05) is 13.6 Å². The zero-order valence-corrected chi connectivity index (χ0v) is 11.1. The minimum atomic E-state index is -3.31. The lowest BCUT2D eigenvalue weighted by atomic mass is 10.5. The molecular weight excluding hydrogens is 254 g/mol. The minimum Gasteiger partial charge on any atom is -0.207 e. The second-order valence-electron chi connectivity index (χ2n) is 3.21. The van der Waals surface area contributed by atoms with Gasteiger partial charge in [-0.05, 0) is 12.5 Å². The summed E-state index contributed by atoms with van der Waals surface area (Å²) in [6, 6.07) is 1.64. The third-order valence-electron chi connectivity index (χ3n) is 2.01. The number of halogens is 1. The maximum absolute atomic E-state index is 11.9. The van der Waals surface area contributed by atoms with Gasteiger partial charge in [0.25, 0.3) is 0 Å². The van der Waals surface area contributed by atoms with E-state index in [1.807, 2.05) is 6.92 Å². The molecule has 0 aliphatic heterocycles. The second kappa shape index (κ2) is 5.30. The van der Waals surface area contributed by atoms with Gasteiger partial charge in [0.15, 0.2) is 0 Å². The van der Waals surface area contributed by atoms with Gasteiger partial charge in [0, 0.05) is 23.8 Å². The summed E-state index contributed by atoms with van der Waals surface area (Å²) in [4.78, 5) is 1.22. The van der Waals surface area contributed by atoms with Gasteiger partial charge in [-0.1, -0.05) is 6.92 Å². The van der Waals surface area contributed by atoms with Crippen molar-refractivity contribution in [1.29, 1.82) is 0 Å². The first kappa shape index (κ1) is 13.0. The molecule has 0 saturated heterocycles. The fraction of sp³-hybridized carbons (Fsp3) is 0.556. The highest BCUT2D eigenvalue weighted by molar-refractivity contribution is 7.89. The molecule has 0 aliphatic rings. The molecule has 0 atom stereocenters. The third-order valence-corrected chi connectivity index (χ3v) is 5.38. The first-order valence-electron chi connectivity index (χ1n) is 4.62. The van der Waals surface area contributed by atoms with Crippen LogP contribution in [0.2, 0.25) is 0 Å². The van der Waals surface area contributed by atoms with Crippen LogP contribution in [0.3, 0.4) is 0 Å². The van der Waals surface area contributed by atoms with Crippen LogP contribution in [0.4, 0.5) is 0 Å². The van der Waals surface area contributed by atoms with Gasteiger partial charge in [-0.25, -0.2) is 12.7 Å². The topological polar surface area (TPSA) is 37.4 Å². The van der Waals surface area contributed by atoms with Gasteiger partial charge < -0.3 is 0 Å². The molecule has 15 heavy (non-hydrogen) atoms. The normalized spacial score (nSPS) is 12.3. The Hall–Kier alpha value is -0.100. The van der Waals surface area contributed by atoms with Crippen LogP contribution >= 0.6 is 22.9 Å². The molecule has 0 bridgehead atoms. The Kier molecular flexibility index (Phi) is 4.58. The summed E-state index contributed by atoms with van der Waals surface area (Å²) in [5.74, 6) is 0.359. The van der Waals surface area contributed by atoms with Crippen molar-refractivity contribution in [3.63, 3.8) is 0 Å². The molecule has 0 unspecified atom stereocenters.